The Morgan fingerprint density at radius 3 is 2.68 bits per heavy atom. The topological polar surface area (TPSA) is 91.2 Å². The molecule has 0 radical (unpaired) electrons. The van der Waals surface area contributed by atoms with E-state index < -0.39 is 5.41 Å². The van der Waals surface area contributed by atoms with Gasteiger partial charge in [-0.2, -0.15) is 5.10 Å². The highest BCUT2D eigenvalue weighted by atomic mass is 16.5. The van der Waals surface area contributed by atoms with Crippen LogP contribution in [-0.4, -0.2) is 46.0 Å². The Labute approximate surface area is 196 Å². The number of carbonyl (C=O) groups is 1. The van der Waals surface area contributed by atoms with E-state index in [2.05, 4.69) is 22.2 Å². The van der Waals surface area contributed by atoms with Crippen molar-refractivity contribution in [2.24, 2.45) is 17.9 Å². The number of fused-ring (bicyclic) bond motifs is 2. The molecular weight excluding hydrogens is 430 g/mol. The smallest absolute Gasteiger partial charge is 0.233 e. The summed E-state index contributed by atoms with van der Waals surface area (Å²) in [5, 5.41) is 8.61. The van der Waals surface area contributed by atoms with E-state index >= 15 is 0 Å². The molecule has 2 aromatic heterocycles. The van der Waals surface area contributed by atoms with Gasteiger partial charge in [0.25, 0.3) is 0 Å². The number of rotatable bonds is 5. The van der Waals surface area contributed by atoms with Crippen molar-refractivity contribution < 1.29 is 14.3 Å². The molecule has 34 heavy (non-hydrogen) atoms. The molecule has 1 saturated heterocycles. The molecule has 6 rings (SSSR count). The Hall–Kier alpha value is -3.78. The first-order valence-electron chi connectivity index (χ1n) is 11.3. The molecule has 2 atom stereocenters. The van der Waals surface area contributed by atoms with Crippen LogP contribution in [-0.2, 0) is 16.6 Å². The van der Waals surface area contributed by atoms with Crippen molar-refractivity contribution in [1.29, 1.82) is 0 Å². The zero-order chi connectivity index (χ0) is 23.5. The second-order valence-corrected chi connectivity index (χ2v) is 9.49. The summed E-state index contributed by atoms with van der Waals surface area (Å²) < 4.78 is 13.0. The van der Waals surface area contributed by atoms with Crippen LogP contribution in [0.5, 0.6) is 5.75 Å². The van der Waals surface area contributed by atoms with Crippen molar-refractivity contribution in [2.45, 2.75) is 13.3 Å². The van der Waals surface area contributed by atoms with Gasteiger partial charge in [0, 0.05) is 41.2 Å². The lowest BCUT2D eigenvalue weighted by Gasteiger charge is -2.17. The number of ether oxygens (including phenoxy) is 2. The number of amides is 1. The minimum Gasteiger partial charge on any atom is -0.494 e. The highest BCUT2D eigenvalue weighted by Crippen LogP contribution is 2.67. The van der Waals surface area contributed by atoms with E-state index in [0.29, 0.717) is 24.7 Å². The molecule has 2 aromatic carbocycles. The summed E-state index contributed by atoms with van der Waals surface area (Å²) in [7, 11) is 3.48. The van der Waals surface area contributed by atoms with Gasteiger partial charge >= 0.3 is 0 Å². The quantitative estimate of drug-likeness (QED) is 0.488. The molecular formula is C26H25N5O3. The fourth-order valence-corrected chi connectivity index (χ4v) is 5.18. The first-order chi connectivity index (χ1) is 16.4. The summed E-state index contributed by atoms with van der Waals surface area (Å²) >= 11 is 0. The predicted octanol–water partition coefficient (Wildman–Crippen LogP) is 4.07. The van der Waals surface area contributed by atoms with Gasteiger partial charge in [-0.05, 0) is 12.5 Å². The van der Waals surface area contributed by atoms with E-state index in [0.717, 1.165) is 39.8 Å². The fraction of sp³-hybridized carbons (Fsp3) is 0.308. The van der Waals surface area contributed by atoms with Gasteiger partial charge in [-0.3, -0.25) is 9.48 Å². The van der Waals surface area contributed by atoms with E-state index in [1.165, 1.54) is 0 Å². The maximum absolute atomic E-state index is 13.3. The maximum atomic E-state index is 13.3. The number of anilines is 1. The van der Waals surface area contributed by atoms with Crippen LogP contribution >= 0.6 is 0 Å². The van der Waals surface area contributed by atoms with E-state index in [4.69, 9.17) is 14.6 Å². The largest absolute Gasteiger partial charge is 0.494 e. The first-order valence-corrected chi connectivity index (χ1v) is 11.3. The second kappa shape index (κ2) is 7.36. The van der Waals surface area contributed by atoms with Crippen molar-refractivity contribution in [3.05, 3.63) is 55.0 Å². The number of aromatic nitrogens is 4. The number of methoxy groups -OCH3 is 1. The predicted molar refractivity (Wildman–Crippen MR) is 128 cm³/mol. The van der Waals surface area contributed by atoms with Crippen LogP contribution in [0.4, 0.5) is 5.69 Å². The summed E-state index contributed by atoms with van der Waals surface area (Å²) in [6, 6.07) is 13.7. The van der Waals surface area contributed by atoms with Gasteiger partial charge in [0.2, 0.25) is 5.91 Å². The zero-order valence-electron chi connectivity index (χ0n) is 19.3. The normalized spacial score (nSPS) is 23.0. The molecule has 8 heteroatoms. The van der Waals surface area contributed by atoms with Crippen LogP contribution in [0, 0.1) is 10.8 Å². The number of carbonyl (C=O) groups excluding carboxylic acids is 1. The lowest BCUT2D eigenvalue weighted by atomic mass is 9.97. The summed E-state index contributed by atoms with van der Waals surface area (Å²) in [5.74, 6) is 0.521. The highest BCUT2D eigenvalue weighted by Gasteiger charge is 2.72. The number of nitrogens with zero attached hydrogens (tertiary/aromatic N) is 4. The van der Waals surface area contributed by atoms with E-state index in [1.807, 2.05) is 55.7 Å². The molecule has 4 aromatic rings. The Morgan fingerprint density at radius 2 is 1.97 bits per heavy atom. The Balaban J connectivity index is 1.46. The third-order valence-corrected chi connectivity index (χ3v) is 7.26. The Kier molecular flexibility index (Phi) is 4.50. The van der Waals surface area contributed by atoms with Crippen LogP contribution in [0.1, 0.15) is 13.3 Å². The van der Waals surface area contributed by atoms with Crippen LogP contribution in [0.2, 0.25) is 0 Å². The number of nitrogens with one attached hydrogen (secondary N) is 1. The lowest BCUT2D eigenvalue weighted by Crippen LogP contribution is -2.29. The molecule has 2 fully saturated rings. The number of hydrogen-bond acceptors (Lipinski definition) is 6. The highest BCUT2D eigenvalue weighted by molar-refractivity contribution is 6.04. The van der Waals surface area contributed by atoms with Crippen molar-refractivity contribution in [3.63, 3.8) is 0 Å². The second-order valence-electron chi connectivity index (χ2n) is 9.49. The molecule has 0 spiro atoms. The van der Waals surface area contributed by atoms with Crippen LogP contribution in [0.3, 0.4) is 0 Å². The average molecular weight is 456 g/mol. The molecule has 2 aliphatic rings. The van der Waals surface area contributed by atoms with Crippen molar-refractivity contribution in [1.82, 2.24) is 19.7 Å². The molecule has 1 amide bonds. The third kappa shape index (κ3) is 3.02. The van der Waals surface area contributed by atoms with E-state index in [1.54, 1.807) is 18.1 Å². The van der Waals surface area contributed by atoms with Crippen LogP contribution in [0.25, 0.3) is 33.4 Å². The van der Waals surface area contributed by atoms with Gasteiger partial charge in [0.05, 0.1) is 42.6 Å². The molecule has 3 heterocycles. The molecule has 1 aliphatic carbocycles. The van der Waals surface area contributed by atoms with Crippen molar-refractivity contribution in [3.8, 4) is 28.3 Å². The van der Waals surface area contributed by atoms with Crippen molar-refractivity contribution >= 4 is 22.5 Å². The standard InChI is InChI=1S/C26H25N5O3/c1-25-12-26(25,14-34-13-25)24(32)29-20-9-17-19(10-21(20)33-3)27-15-28-23(17)18-11-31(2)30-22(18)16-7-5-4-6-8-16/h4-11,15H,12-14H2,1-3H3,(H,29,32)/t25-,26+/m0/s1. The molecule has 172 valence electrons. The number of hydrogen-bond donors (Lipinski definition) is 1. The Morgan fingerprint density at radius 1 is 1.15 bits per heavy atom. The summed E-state index contributed by atoms with van der Waals surface area (Å²) in [4.78, 5) is 22.4. The molecule has 0 unspecified atom stereocenters. The van der Waals surface area contributed by atoms with Gasteiger partial charge in [-0.15, -0.1) is 0 Å². The molecule has 0 bridgehead atoms. The van der Waals surface area contributed by atoms with Gasteiger partial charge < -0.3 is 14.8 Å². The SMILES string of the molecule is COc1cc2ncnc(-c3cn(C)nc3-c3ccccc3)c2cc1NC(=O)[C@@]12COC[C@]1(C)C2. The fourth-order valence-electron chi connectivity index (χ4n) is 5.18. The summed E-state index contributed by atoms with van der Waals surface area (Å²) in [5.41, 5.74) is 4.23. The molecule has 1 saturated carbocycles. The maximum Gasteiger partial charge on any atom is 0.233 e. The van der Waals surface area contributed by atoms with E-state index in [-0.39, 0.29) is 11.3 Å². The number of benzene rings is 2. The zero-order valence-corrected chi connectivity index (χ0v) is 19.3. The summed E-state index contributed by atoms with van der Waals surface area (Å²) in [6.45, 7) is 3.18. The number of aryl methyl sites for hydroxylation is 1. The average Bonchev–Trinajstić information content (AvgIpc) is 3.10. The van der Waals surface area contributed by atoms with Crippen LogP contribution in [0.15, 0.2) is 55.0 Å². The van der Waals surface area contributed by atoms with Gasteiger partial charge in [-0.25, -0.2) is 9.97 Å². The Bertz CT molecular complexity index is 1430. The molecule has 1 N–H and O–H groups in total. The van der Waals surface area contributed by atoms with Gasteiger partial charge in [-0.1, -0.05) is 37.3 Å². The minimum absolute atomic E-state index is 0.0325. The van der Waals surface area contributed by atoms with Crippen molar-refractivity contribution in [2.75, 3.05) is 25.6 Å². The molecule has 8 nitrogen and oxygen atoms in total. The van der Waals surface area contributed by atoms with E-state index in [9.17, 15) is 4.79 Å². The minimum atomic E-state index is -0.465. The van der Waals surface area contributed by atoms with Crippen LogP contribution < -0.4 is 10.1 Å². The van der Waals surface area contributed by atoms with Gasteiger partial charge in [0.1, 0.15) is 17.8 Å². The monoisotopic (exact) mass is 455 g/mol. The first kappa shape index (κ1) is 20.8. The third-order valence-electron chi connectivity index (χ3n) is 7.26. The summed E-state index contributed by atoms with van der Waals surface area (Å²) in [6.07, 6.45) is 4.34. The lowest BCUT2D eigenvalue weighted by molar-refractivity contribution is -0.122. The molecule has 1 aliphatic heterocycles. The van der Waals surface area contributed by atoms with Gasteiger partial charge in [0.15, 0.2) is 0 Å².